The molecule has 0 spiro atoms. The van der Waals surface area contributed by atoms with Gasteiger partial charge in [-0.25, -0.2) is 5.43 Å². The van der Waals surface area contributed by atoms with E-state index >= 15 is 0 Å². The lowest BCUT2D eigenvalue weighted by Crippen LogP contribution is -2.17. The van der Waals surface area contributed by atoms with Gasteiger partial charge in [0.1, 0.15) is 0 Å². The van der Waals surface area contributed by atoms with E-state index < -0.39 is 10.8 Å². The largest absolute Gasteiger partial charge is 0.492 e. The van der Waals surface area contributed by atoms with Crippen LogP contribution in [0.4, 0.5) is 5.69 Å². The van der Waals surface area contributed by atoms with E-state index in [2.05, 4.69) is 26.5 Å². The fraction of sp³-hybridized carbons (Fsp3) is 0.176. The molecule has 0 aromatic heterocycles. The average Bonchev–Trinajstić information content (AvgIpc) is 2.62. The molecule has 0 fully saturated rings. The van der Waals surface area contributed by atoms with Crippen molar-refractivity contribution in [1.82, 2.24) is 5.43 Å². The van der Waals surface area contributed by atoms with E-state index in [-0.39, 0.29) is 11.3 Å². The Morgan fingerprint density at radius 1 is 1.38 bits per heavy atom. The van der Waals surface area contributed by atoms with Gasteiger partial charge >= 0.3 is 0 Å². The zero-order valence-electron chi connectivity index (χ0n) is 14.1. The molecule has 0 unspecified atom stereocenters. The number of amides is 1. The number of benzene rings is 2. The molecule has 0 bridgehead atoms. The summed E-state index contributed by atoms with van der Waals surface area (Å²) in [6.45, 7) is 2.32. The number of non-ortho nitro benzene ring substituents is 1. The second-order valence-corrected chi connectivity index (χ2v) is 5.83. The number of nitro groups is 1. The molecule has 2 aromatic rings. The Labute approximate surface area is 158 Å². The number of nitrogens with one attached hydrogen (secondary N) is 1. The highest BCUT2D eigenvalue weighted by Crippen LogP contribution is 2.36. The number of carbonyl (C=O) groups excluding carboxylic acids is 1. The van der Waals surface area contributed by atoms with Crippen molar-refractivity contribution in [3.63, 3.8) is 0 Å². The monoisotopic (exact) mass is 421 g/mol. The van der Waals surface area contributed by atoms with Gasteiger partial charge in [0, 0.05) is 17.7 Å². The van der Waals surface area contributed by atoms with Crippen LogP contribution in [-0.2, 0) is 0 Å². The van der Waals surface area contributed by atoms with Crippen LogP contribution < -0.4 is 14.9 Å². The maximum atomic E-state index is 12.0. The van der Waals surface area contributed by atoms with Gasteiger partial charge < -0.3 is 9.47 Å². The maximum Gasteiger partial charge on any atom is 0.271 e. The van der Waals surface area contributed by atoms with Gasteiger partial charge in [-0.1, -0.05) is 6.07 Å². The number of rotatable bonds is 7. The Bertz CT molecular complexity index is 854. The number of hydrogen-bond acceptors (Lipinski definition) is 6. The Morgan fingerprint density at radius 2 is 2.15 bits per heavy atom. The summed E-state index contributed by atoms with van der Waals surface area (Å²) in [4.78, 5) is 22.2. The third-order valence-electron chi connectivity index (χ3n) is 3.23. The molecule has 0 saturated heterocycles. The second kappa shape index (κ2) is 8.95. The minimum absolute atomic E-state index is 0.141. The summed E-state index contributed by atoms with van der Waals surface area (Å²) in [6.07, 6.45) is 1.43. The zero-order chi connectivity index (χ0) is 19.1. The number of nitrogens with zero attached hydrogens (tertiary/aromatic N) is 2. The van der Waals surface area contributed by atoms with Crippen molar-refractivity contribution in [3.8, 4) is 11.5 Å². The summed E-state index contributed by atoms with van der Waals surface area (Å²) in [6, 6.07) is 8.87. The average molecular weight is 422 g/mol. The minimum atomic E-state index is -0.565. The van der Waals surface area contributed by atoms with Gasteiger partial charge in [-0.05, 0) is 46.6 Å². The molecule has 26 heavy (non-hydrogen) atoms. The first-order valence-electron chi connectivity index (χ1n) is 7.54. The first-order valence-corrected chi connectivity index (χ1v) is 8.33. The maximum absolute atomic E-state index is 12.0. The Balaban J connectivity index is 2.14. The zero-order valence-corrected chi connectivity index (χ0v) is 15.6. The number of nitro benzene ring substituents is 1. The van der Waals surface area contributed by atoms with Crippen LogP contribution in [-0.4, -0.2) is 30.8 Å². The van der Waals surface area contributed by atoms with Crippen molar-refractivity contribution in [2.45, 2.75) is 6.92 Å². The summed E-state index contributed by atoms with van der Waals surface area (Å²) in [5, 5.41) is 14.6. The lowest BCUT2D eigenvalue weighted by molar-refractivity contribution is -0.384. The van der Waals surface area contributed by atoms with E-state index in [0.717, 1.165) is 0 Å². The number of halogens is 1. The minimum Gasteiger partial charge on any atom is -0.492 e. The van der Waals surface area contributed by atoms with Gasteiger partial charge in [0.2, 0.25) is 0 Å². The molecule has 136 valence electrons. The third kappa shape index (κ3) is 4.79. The van der Waals surface area contributed by atoms with Crippen LogP contribution in [0.1, 0.15) is 22.8 Å². The number of hydrogen-bond donors (Lipinski definition) is 1. The summed E-state index contributed by atoms with van der Waals surface area (Å²) in [5.74, 6) is 0.544. The predicted octanol–water partition coefficient (Wildman–Crippen LogP) is 3.53. The molecule has 0 atom stereocenters. The van der Waals surface area contributed by atoms with Crippen LogP contribution in [0.5, 0.6) is 11.5 Å². The molecule has 2 aromatic carbocycles. The second-order valence-electron chi connectivity index (χ2n) is 4.97. The van der Waals surface area contributed by atoms with Crippen LogP contribution >= 0.6 is 15.9 Å². The Morgan fingerprint density at radius 3 is 2.81 bits per heavy atom. The van der Waals surface area contributed by atoms with Crippen molar-refractivity contribution < 1.29 is 19.2 Å². The van der Waals surface area contributed by atoms with Crippen molar-refractivity contribution >= 4 is 33.7 Å². The van der Waals surface area contributed by atoms with E-state index in [9.17, 15) is 14.9 Å². The highest BCUT2D eigenvalue weighted by atomic mass is 79.9. The van der Waals surface area contributed by atoms with E-state index in [1.165, 1.54) is 37.6 Å². The van der Waals surface area contributed by atoms with E-state index in [1.807, 2.05) is 6.92 Å². The van der Waals surface area contributed by atoms with E-state index in [4.69, 9.17) is 9.47 Å². The number of ether oxygens (including phenoxy) is 2. The number of methoxy groups -OCH3 is 1. The lowest BCUT2D eigenvalue weighted by atomic mass is 10.2. The molecule has 0 radical (unpaired) electrons. The summed E-state index contributed by atoms with van der Waals surface area (Å²) < 4.78 is 11.5. The topological polar surface area (TPSA) is 103 Å². The summed E-state index contributed by atoms with van der Waals surface area (Å²) in [7, 11) is 1.54. The molecular formula is C17H16BrN3O5. The van der Waals surface area contributed by atoms with Crippen LogP contribution in [0, 0.1) is 10.1 Å². The molecule has 2 rings (SSSR count). The highest BCUT2D eigenvalue weighted by molar-refractivity contribution is 9.10. The molecule has 0 heterocycles. The lowest BCUT2D eigenvalue weighted by Gasteiger charge is -2.11. The molecule has 9 heteroatoms. The predicted molar refractivity (Wildman–Crippen MR) is 100 cm³/mol. The molecular weight excluding hydrogens is 406 g/mol. The van der Waals surface area contributed by atoms with Gasteiger partial charge in [-0.2, -0.15) is 5.10 Å². The number of hydrazone groups is 1. The Kier molecular flexibility index (Phi) is 6.67. The summed E-state index contributed by atoms with van der Waals surface area (Å²) in [5.41, 5.74) is 2.98. The molecule has 0 saturated carbocycles. The van der Waals surface area contributed by atoms with E-state index in [0.29, 0.717) is 28.1 Å². The van der Waals surface area contributed by atoms with Crippen molar-refractivity contribution in [1.29, 1.82) is 0 Å². The fourth-order valence-electron chi connectivity index (χ4n) is 2.11. The van der Waals surface area contributed by atoms with Crippen molar-refractivity contribution in [2.24, 2.45) is 5.10 Å². The first kappa shape index (κ1) is 19.4. The third-order valence-corrected chi connectivity index (χ3v) is 3.82. The summed E-state index contributed by atoms with van der Waals surface area (Å²) >= 11 is 3.39. The smallest absolute Gasteiger partial charge is 0.271 e. The quantitative estimate of drug-likeness (QED) is 0.418. The first-order chi connectivity index (χ1) is 12.5. The molecule has 0 aliphatic heterocycles. The SMILES string of the molecule is CCOc1cc(/C=N\NC(=O)c2cccc([N+](=O)[O-])c2)cc(Br)c1OC. The number of carbonyl (C=O) groups is 1. The molecule has 1 amide bonds. The molecule has 0 aliphatic rings. The normalized spacial score (nSPS) is 10.6. The van der Waals surface area contributed by atoms with Crippen LogP contribution in [0.25, 0.3) is 0 Å². The molecule has 0 aliphatic carbocycles. The van der Waals surface area contributed by atoms with Crippen molar-refractivity contribution in [3.05, 3.63) is 62.1 Å². The highest BCUT2D eigenvalue weighted by Gasteiger charge is 2.12. The van der Waals surface area contributed by atoms with Gasteiger partial charge in [0.05, 0.1) is 29.3 Å². The van der Waals surface area contributed by atoms with E-state index in [1.54, 1.807) is 12.1 Å². The molecule has 8 nitrogen and oxygen atoms in total. The molecule has 1 N–H and O–H groups in total. The fourth-order valence-corrected chi connectivity index (χ4v) is 2.74. The van der Waals surface area contributed by atoms with Gasteiger partial charge in [-0.3, -0.25) is 14.9 Å². The Hall–Kier alpha value is -2.94. The van der Waals surface area contributed by atoms with Crippen molar-refractivity contribution in [2.75, 3.05) is 13.7 Å². The standard InChI is InChI=1S/C17H16BrN3O5/c1-3-26-15-8-11(7-14(18)16(15)25-2)10-19-20-17(22)12-5-4-6-13(9-12)21(23)24/h4-10H,3H2,1-2H3,(H,20,22)/b19-10-. The van der Waals surface area contributed by atoms with Gasteiger partial charge in [0.25, 0.3) is 11.6 Å². The van der Waals surface area contributed by atoms with Crippen LogP contribution in [0.2, 0.25) is 0 Å². The van der Waals surface area contributed by atoms with Gasteiger partial charge in [-0.15, -0.1) is 0 Å². The van der Waals surface area contributed by atoms with Gasteiger partial charge in [0.15, 0.2) is 11.5 Å². The van der Waals surface area contributed by atoms with Crippen LogP contribution in [0.15, 0.2) is 46.0 Å². The van der Waals surface area contributed by atoms with Crippen LogP contribution in [0.3, 0.4) is 0 Å².